The van der Waals surface area contributed by atoms with Gasteiger partial charge in [-0.2, -0.15) is 0 Å². The molecule has 0 spiro atoms. The molecule has 0 bridgehead atoms. The molecule has 1 aliphatic rings. The maximum Gasteiger partial charge on any atom is 0.263 e. The van der Waals surface area contributed by atoms with Gasteiger partial charge in [0.15, 0.2) is 9.84 Å². The third-order valence-electron chi connectivity index (χ3n) is 5.29. The first-order chi connectivity index (χ1) is 13.5. The summed E-state index contributed by atoms with van der Waals surface area (Å²) < 4.78 is 58.4. The van der Waals surface area contributed by atoms with E-state index in [0.717, 1.165) is 36.0 Å². The van der Waals surface area contributed by atoms with E-state index in [2.05, 4.69) is 9.62 Å². The van der Waals surface area contributed by atoms with Gasteiger partial charge < -0.3 is 9.64 Å². The van der Waals surface area contributed by atoms with Crippen molar-refractivity contribution in [2.45, 2.75) is 35.1 Å². The highest BCUT2D eigenvalue weighted by molar-refractivity contribution is 7.95. The van der Waals surface area contributed by atoms with Gasteiger partial charge in [0.1, 0.15) is 10.6 Å². The Hall–Kier alpha value is -2.10. The summed E-state index contributed by atoms with van der Waals surface area (Å²) in [6.07, 6.45) is 3.34. The van der Waals surface area contributed by atoms with E-state index in [1.807, 2.05) is 14.1 Å². The molecule has 0 fully saturated rings. The minimum absolute atomic E-state index is 0.220. The van der Waals surface area contributed by atoms with Crippen molar-refractivity contribution in [3.05, 3.63) is 47.5 Å². The third kappa shape index (κ3) is 4.41. The molecule has 0 saturated heterocycles. The molecule has 0 heterocycles. The fraction of sp³-hybridized carbons (Fsp3) is 0.400. The predicted molar refractivity (Wildman–Crippen MR) is 113 cm³/mol. The van der Waals surface area contributed by atoms with Crippen LogP contribution in [0.15, 0.2) is 46.2 Å². The highest BCUT2D eigenvalue weighted by Gasteiger charge is 2.28. The molecule has 3 rings (SSSR count). The number of nitrogens with one attached hydrogen (secondary N) is 1. The Morgan fingerprint density at radius 2 is 1.66 bits per heavy atom. The van der Waals surface area contributed by atoms with Crippen molar-refractivity contribution in [3.8, 4) is 5.75 Å². The summed E-state index contributed by atoms with van der Waals surface area (Å²) in [5.41, 5.74) is 2.33. The van der Waals surface area contributed by atoms with Gasteiger partial charge in [0.2, 0.25) is 0 Å². The van der Waals surface area contributed by atoms with Crippen molar-refractivity contribution in [2.75, 3.05) is 32.2 Å². The van der Waals surface area contributed by atoms with Crippen LogP contribution in [-0.4, -0.2) is 55.2 Å². The molecule has 1 aliphatic carbocycles. The average Bonchev–Trinajstić information content (AvgIpc) is 2.67. The van der Waals surface area contributed by atoms with Gasteiger partial charge in [-0.1, -0.05) is 12.1 Å². The molecule has 9 heteroatoms. The minimum Gasteiger partial charge on any atom is -0.496 e. The number of hydrogen-bond acceptors (Lipinski definition) is 6. The molecule has 158 valence electrons. The van der Waals surface area contributed by atoms with Gasteiger partial charge in [-0.25, -0.2) is 16.8 Å². The molecule has 2 aromatic carbocycles. The first-order valence-electron chi connectivity index (χ1n) is 9.21. The molecular formula is C20H26N2O5S2. The molecule has 0 radical (unpaired) electrons. The number of likely N-dealkylation sites (N-methyl/N-ethyl adjacent to an activating group) is 1. The van der Waals surface area contributed by atoms with Crippen molar-refractivity contribution in [2.24, 2.45) is 0 Å². The molecule has 0 unspecified atom stereocenters. The number of anilines is 1. The Bertz CT molecular complexity index is 1130. The second kappa shape index (κ2) is 7.97. The standard InChI is InChI=1S/C20H26N2O5S2/c1-22(2)14-9-10-15-16(13-14)18(27-3)12-11-17(15)21-29(25,26)20-8-6-5-7-19(20)28(4,23)24/h5-8,11-12,14,21H,9-10,13H2,1-4H3/t14-/m0/s1. The van der Waals surface area contributed by atoms with Crippen LogP contribution in [0.2, 0.25) is 0 Å². The maximum atomic E-state index is 13.1. The lowest BCUT2D eigenvalue weighted by atomic mass is 9.86. The molecule has 29 heavy (non-hydrogen) atoms. The lowest BCUT2D eigenvalue weighted by Gasteiger charge is -2.32. The zero-order valence-electron chi connectivity index (χ0n) is 17.0. The number of methoxy groups -OCH3 is 1. The van der Waals surface area contributed by atoms with Crippen molar-refractivity contribution in [1.82, 2.24) is 4.90 Å². The molecular weight excluding hydrogens is 412 g/mol. The Morgan fingerprint density at radius 1 is 1.00 bits per heavy atom. The van der Waals surface area contributed by atoms with Crippen LogP contribution in [-0.2, 0) is 32.7 Å². The van der Waals surface area contributed by atoms with E-state index in [-0.39, 0.29) is 9.79 Å². The Balaban J connectivity index is 2.05. The number of nitrogens with zero attached hydrogens (tertiary/aromatic N) is 1. The number of hydrogen-bond donors (Lipinski definition) is 1. The summed E-state index contributed by atoms with van der Waals surface area (Å²) >= 11 is 0. The van der Waals surface area contributed by atoms with Gasteiger partial charge >= 0.3 is 0 Å². The topological polar surface area (TPSA) is 92.8 Å². The fourth-order valence-corrected chi connectivity index (χ4v) is 6.46. The Morgan fingerprint density at radius 3 is 2.24 bits per heavy atom. The summed E-state index contributed by atoms with van der Waals surface area (Å²) in [6.45, 7) is 0. The molecule has 1 N–H and O–H groups in total. The second-order valence-corrected chi connectivity index (χ2v) is 11.1. The SMILES string of the molecule is COc1ccc(NS(=O)(=O)c2ccccc2S(C)(=O)=O)c2c1C[C@@H](N(C)C)CC2. The molecule has 0 amide bonds. The summed E-state index contributed by atoms with van der Waals surface area (Å²) in [4.78, 5) is 1.68. The Kier molecular flexibility index (Phi) is 5.93. The van der Waals surface area contributed by atoms with Crippen molar-refractivity contribution in [1.29, 1.82) is 0 Å². The number of rotatable bonds is 6. The minimum atomic E-state index is -4.09. The molecule has 0 saturated carbocycles. The van der Waals surface area contributed by atoms with Crippen LogP contribution in [0, 0.1) is 0 Å². The lowest BCUT2D eigenvalue weighted by Crippen LogP contribution is -2.34. The van der Waals surface area contributed by atoms with Gasteiger partial charge in [0, 0.05) is 17.9 Å². The molecule has 7 nitrogen and oxygen atoms in total. The molecule has 0 aliphatic heterocycles. The van der Waals surface area contributed by atoms with E-state index in [4.69, 9.17) is 4.74 Å². The number of fused-ring (bicyclic) bond motifs is 1. The van der Waals surface area contributed by atoms with Gasteiger partial charge in [0.25, 0.3) is 10.0 Å². The number of benzene rings is 2. The summed E-state index contributed by atoms with van der Waals surface area (Å²) in [5, 5.41) is 0. The first-order valence-corrected chi connectivity index (χ1v) is 12.6. The van der Waals surface area contributed by atoms with Gasteiger partial charge in [0.05, 0.1) is 17.7 Å². The maximum absolute atomic E-state index is 13.1. The van der Waals surface area contributed by atoms with E-state index in [9.17, 15) is 16.8 Å². The van der Waals surface area contributed by atoms with E-state index < -0.39 is 19.9 Å². The monoisotopic (exact) mass is 438 g/mol. The zero-order chi connectivity index (χ0) is 21.4. The average molecular weight is 439 g/mol. The zero-order valence-corrected chi connectivity index (χ0v) is 18.6. The fourth-order valence-electron chi connectivity index (χ4n) is 3.74. The van der Waals surface area contributed by atoms with Crippen molar-refractivity contribution >= 4 is 25.5 Å². The lowest BCUT2D eigenvalue weighted by molar-refractivity contribution is 0.265. The van der Waals surface area contributed by atoms with Crippen LogP contribution in [0.3, 0.4) is 0 Å². The van der Waals surface area contributed by atoms with Crippen molar-refractivity contribution in [3.63, 3.8) is 0 Å². The highest BCUT2D eigenvalue weighted by atomic mass is 32.2. The van der Waals surface area contributed by atoms with E-state index in [1.54, 1.807) is 19.2 Å². The highest BCUT2D eigenvalue weighted by Crippen LogP contribution is 2.37. The largest absolute Gasteiger partial charge is 0.496 e. The van der Waals surface area contributed by atoms with Crippen molar-refractivity contribution < 1.29 is 21.6 Å². The molecule has 2 aromatic rings. The number of ether oxygens (including phenoxy) is 1. The van der Waals surface area contributed by atoms with Gasteiger partial charge in [-0.15, -0.1) is 0 Å². The smallest absolute Gasteiger partial charge is 0.263 e. The van der Waals surface area contributed by atoms with E-state index in [0.29, 0.717) is 18.2 Å². The van der Waals surface area contributed by atoms with E-state index in [1.165, 1.54) is 24.3 Å². The van der Waals surface area contributed by atoms with Crippen LogP contribution in [0.5, 0.6) is 5.75 Å². The third-order valence-corrected chi connectivity index (χ3v) is 8.00. The van der Waals surface area contributed by atoms with Crippen LogP contribution >= 0.6 is 0 Å². The molecule has 0 aromatic heterocycles. The summed E-state index contributed by atoms with van der Waals surface area (Å²) in [5.74, 6) is 0.728. The summed E-state index contributed by atoms with van der Waals surface area (Å²) in [7, 11) is -2.14. The van der Waals surface area contributed by atoms with Crippen LogP contribution < -0.4 is 9.46 Å². The number of sulfonamides is 1. The van der Waals surface area contributed by atoms with Crippen LogP contribution in [0.1, 0.15) is 17.5 Å². The van der Waals surface area contributed by atoms with Crippen LogP contribution in [0.25, 0.3) is 0 Å². The van der Waals surface area contributed by atoms with E-state index >= 15 is 0 Å². The Labute approximate surface area is 172 Å². The van der Waals surface area contributed by atoms with Gasteiger partial charge in [-0.05, 0) is 63.2 Å². The second-order valence-electron chi connectivity index (χ2n) is 7.46. The summed E-state index contributed by atoms with van der Waals surface area (Å²) in [6, 6.07) is 9.38. The van der Waals surface area contributed by atoms with Gasteiger partial charge in [-0.3, -0.25) is 4.72 Å². The number of sulfone groups is 1. The normalized spacial score (nSPS) is 17.1. The predicted octanol–water partition coefficient (Wildman–Crippen LogP) is 2.32. The van der Waals surface area contributed by atoms with Crippen LogP contribution in [0.4, 0.5) is 5.69 Å². The first kappa shape index (κ1) is 21.6. The molecule has 1 atom stereocenters. The quantitative estimate of drug-likeness (QED) is 0.744.